The second kappa shape index (κ2) is 5.78. The van der Waals surface area contributed by atoms with Crippen LogP contribution in [-0.2, 0) is 16.0 Å². The summed E-state index contributed by atoms with van der Waals surface area (Å²) in [5, 5.41) is 21.5. The topological polar surface area (TPSA) is 147 Å². The number of aliphatic hydroxyl groups excluding tert-OH is 2. The quantitative estimate of drug-likeness (QED) is 0.627. The molecule has 0 aromatic carbocycles. The zero-order chi connectivity index (χ0) is 19.6. The predicted molar refractivity (Wildman–Crippen MR) is 90.6 cm³/mol. The third kappa shape index (κ3) is 2.27. The largest absolute Gasteiger partial charge is 0.511 e. The molecule has 1 heterocycles. The molecule has 0 radical (unpaired) electrons. The van der Waals surface area contributed by atoms with Crippen LogP contribution >= 0.6 is 0 Å². The van der Waals surface area contributed by atoms with Gasteiger partial charge in [0.25, 0.3) is 5.91 Å². The number of nitrogens with two attached hydrogens (primary N) is 1. The summed E-state index contributed by atoms with van der Waals surface area (Å²) >= 11 is 0. The van der Waals surface area contributed by atoms with Crippen LogP contribution in [0.25, 0.3) is 0 Å². The van der Waals surface area contributed by atoms with Crippen molar-refractivity contribution >= 4 is 17.5 Å². The van der Waals surface area contributed by atoms with Gasteiger partial charge in [0.1, 0.15) is 17.1 Å². The van der Waals surface area contributed by atoms with Crippen LogP contribution in [0.2, 0.25) is 0 Å². The Morgan fingerprint density at radius 3 is 2.63 bits per heavy atom. The Labute approximate surface area is 154 Å². The summed E-state index contributed by atoms with van der Waals surface area (Å²) in [4.78, 5) is 43.2. The number of Topliss-reactive ketones (excluding diaryl/α,β-unsaturated/α-hetero) is 2. The van der Waals surface area contributed by atoms with Crippen molar-refractivity contribution in [2.24, 2.45) is 23.5 Å². The number of nitrogens with zero attached hydrogens (tertiary/aromatic N) is 2. The summed E-state index contributed by atoms with van der Waals surface area (Å²) in [6.07, 6.45) is 1.94. The van der Waals surface area contributed by atoms with E-state index < -0.39 is 40.9 Å². The van der Waals surface area contributed by atoms with Crippen molar-refractivity contribution in [3.8, 4) is 0 Å². The van der Waals surface area contributed by atoms with E-state index in [4.69, 9.17) is 10.2 Å². The van der Waals surface area contributed by atoms with Crippen molar-refractivity contribution in [1.29, 1.82) is 0 Å². The molecule has 0 spiro atoms. The monoisotopic (exact) mass is 373 g/mol. The highest BCUT2D eigenvalue weighted by molar-refractivity contribution is 6.22. The van der Waals surface area contributed by atoms with Crippen molar-refractivity contribution in [1.82, 2.24) is 9.88 Å². The van der Waals surface area contributed by atoms with Crippen molar-refractivity contribution in [3.63, 3.8) is 0 Å². The molecule has 0 aliphatic heterocycles. The first-order valence-electron chi connectivity index (χ1n) is 8.57. The first kappa shape index (κ1) is 17.5. The number of ketones is 2. The van der Waals surface area contributed by atoms with E-state index in [1.54, 1.807) is 19.0 Å². The molecule has 0 bridgehead atoms. The fourth-order valence-corrected chi connectivity index (χ4v) is 4.74. The van der Waals surface area contributed by atoms with Gasteiger partial charge in [-0.05, 0) is 32.4 Å². The number of hydrogen-bond donors (Lipinski definition) is 3. The lowest BCUT2D eigenvalue weighted by atomic mass is 9.62. The lowest BCUT2D eigenvalue weighted by molar-refractivity contribution is -0.127. The summed E-state index contributed by atoms with van der Waals surface area (Å²) in [6, 6.07) is -0.687. The van der Waals surface area contributed by atoms with Gasteiger partial charge < -0.3 is 20.4 Å². The Kier molecular flexibility index (Phi) is 3.74. The molecule has 142 valence electrons. The number of primary amides is 1. The van der Waals surface area contributed by atoms with Crippen LogP contribution in [-0.4, -0.2) is 57.7 Å². The molecule has 3 unspecified atom stereocenters. The molecule has 4 atom stereocenters. The molecule has 0 fully saturated rings. The predicted octanol–water partition coefficient (Wildman–Crippen LogP) is 0.288. The Hall–Kier alpha value is -2.94. The normalized spacial score (nSPS) is 30.3. The van der Waals surface area contributed by atoms with Gasteiger partial charge in [-0.25, -0.2) is 4.98 Å². The molecule has 0 saturated heterocycles. The fourth-order valence-electron chi connectivity index (χ4n) is 4.74. The second-order valence-corrected chi connectivity index (χ2v) is 7.43. The second-order valence-electron chi connectivity index (χ2n) is 7.43. The van der Waals surface area contributed by atoms with E-state index in [0.717, 1.165) is 0 Å². The average molecular weight is 373 g/mol. The van der Waals surface area contributed by atoms with Crippen molar-refractivity contribution in [3.05, 3.63) is 40.5 Å². The van der Waals surface area contributed by atoms with Crippen molar-refractivity contribution in [2.75, 3.05) is 14.1 Å². The fraction of sp³-hybridized carbons (Fsp3) is 0.444. The SMILES string of the molecule is CN(C)[C@@H]1C(O)=C(C(N)=O)C(=O)C2C(O)=C3C(=O)c4ocnc4CC3CC21. The molecule has 9 heteroatoms. The molecule has 1 aromatic heterocycles. The van der Waals surface area contributed by atoms with Crippen LogP contribution in [0.5, 0.6) is 0 Å². The van der Waals surface area contributed by atoms with Gasteiger partial charge in [0.15, 0.2) is 17.9 Å². The molecule has 1 amide bonds. The van der Waals surface area contributed by atoms with E-state index in [1.165, 1.54) is 6.39 Å². The van der Waals surface area contributed by atoms with Gasteiger partial charge in [-0.15, -0.1) is 0 Å². The lowest BCUT2D eigenvalue weighted by Gasteiger charge is -2.45. The number of rotatable bonds is 2. The summed E-state index contributed by atoms with van der Waals surface area (Å²) in [6.45, 7) is 0. The van der Waals surface area contributed by atoms with Crippen LogP contribution in [0, 0.1) is 17.8 Å². The molecule has 3 aliphatic carbocycles. The van der Waals surface area contributed by atoms with Crippen molar-refractivity contribution < 1.29 is 29.0 Å². The number of likely N-dealkylation sites (N-methyl/N-ethyl adjacent to an activating group) is 1. The highest BCUT2D eigenvalue weighted by Gasteiger charge is 2.54. The maximum atomic E-state index is 12.9. The maximum Gasteiger partial charge on any atom is 0.255 e. The highest BCUT2D eigenvalue weighted by atomic mass is 16.3. The maximum absolute atomic E-state index is 12.9. The van der Waals surface area contributed by atoms with Crippen LogP contribution < -0.4 is 5.73 Å². The van der Waals surface area contributed by atoms with Crippen LogP contribution in [0.15, 0.2) is 33.5 Å². The Morgan fingerprint density at radius 2 is 2.00 bits per heavy atom. The number of hydrogen-bond acceptors (Lipinski definition) is 8. The molecule has 27 heavy (non-hydrogen) atoms. The average Bonchev–Trinajstić information content (AvgIpc) is 3.02. The third-order valence-electron chi connectivity index (χ3n) is 5.77. The Balaban J connectivity index is 1.89. The Bertz CT molecular complexity index is 941. The highest BCUT2D eigenvalue weighted by Crippen LogP contribution is 2.49. The molecule has 4 rings (SSSR count). The lowest BCUT2D eigenvalue weighted by Crippen LogP contribution is -2.53. The first-order valence-corrected chi connectivity index (χ1v) is 8.57. The van der Waals surface area contributed by atoms with E-state index in [1.807, 2.05) is 0 Å². The number of amides is 1. The number of oxazole rings is 1. The summed E-state index contributed by atoms with van der Waals surface area (Å²) in [7, 11) is 3.40. The zero-order valence-corrected chi connectivity index (χ0v) is 14.8. The number of aliphatic hydroxyl groups is 2. The van der Waals surface area contributed by atoms with Crippen LogP contribution in [0.1, 0.15) is 22.7 Å². The van der Waals surface area contributed by atoms with Crippen molar-refractivity contribution in [2.45, 2.75) is 18.9 Å². The number of fused-ring (bicyclic) bond motifs is 3. The van der Waals surface area contributed by atoms with Gasteiger partial charge in [-0.3, -0.25) is 19.3 Å². The molecular weight excluding hydrogens is 354 g/mol. The van der Waals surface area contributed by atoms with Gasteiger partial charge in [0, 0.05) is 12.0 Å². The summed E-state index contributed by atoms with van der Waals surface area (Å²) < 4.78 is 5.14. The molecule has 9 nitrogen and oxygen atoms in total. The number of carbonyl (C=O) groups excluding carboxylic acids is 3. The number of allylic oxidation sites excluding steroid dienone is 2. The number of carbonyl (C=O) groups is 3. The standard InChI is InChI=1S/C18H19N3O6/c1-21(2)12-7-3-6-4-8-17(27-5-20-8)16(25)9(6)13(22)10(7)14(23)11(15(12)24)18(19)26/h5-7,10,12,22,24H,3-4H2,1-2H3,(H2,19,26)/t6?,7?,10?,12-/m0/s1. The molecule has 3 aliphatic rings. The van der Waals surface area contributed by atoms with Gasteiger partial charge in [0.05, 0.1) is 17.7 Å². The minimum Gasteiger partial charge on any atom is -0.511 e. The van der Waals surface area contributed by atoms with Crippen LogP contribution in [0.3, 0.4) is 0 Å². The summed E-state index contributed by atoms with van der Waals surface area (Å²) in [5.74, 6) is -4.99. The van der Waals surface area contributed by atoms with Gasteiger partial charge in [-0.1, -0.05) is 0 Å². The van der Waals surface area contributed by atoms with E-state index in [9.17, 15) is 24.6 Å². The van der Waals surface area contributed by atoms with Gasteiger partial charge in [-0.2, -0.15) is 0 Å². The smallest absolute Gasteiger partial charge is 0.255 e. The van der Waals surface area contributed by atoms with E-state index >= 15 is 0 Å². The summed E-state index contributed by atoms with van der Waals surface area (Å²) in [5.41, 5.74) is 5.41. The zero-order valence-electron chi connectivity index (χ0n) is 14.8. The van der Waals surface area contributed by atoms with Gasteiger partial charge >= 0.3 is 0 Å². The van der Waals surface area contributed by atoms with E-state index in [0.29, 0.717) is 18.5 Å². The minimum absolute atomic E-state index is 0.0622. The Morgan fingerprint density at radius 1 is 1.30 bits per heavy atom. The van der Waals surface area contributed by atoms with Gasteiger partial charge in [0.2, 0.25) is 5.78 Å². The molecule has 0 saturated carbocycles. The molecular formula is C18H19N3O6. The third-order valence-corrected chi connectivity index (χ3v) is 5.77. The van der Waals surface area contributed by atoms with Crippen LogP contribution in [0.4, 0.5) is 0 Å². The first-order chi connectivity index (χ1) is 12.7. The molecule has 1 aromatic rings. The molecule has 4 N–H and O–H groups in total. The van der Waals surface area contributed by atoms with E-state index in [2.05, 4.69) is 4.98 Å². The van der Waals surface area contributed by atoms with E-state index in [-0.39, 0.29) is 28.8 Å². The number of aromatic nitrogens is 1. The minimum atomic E-state index is -1.12.